The lowest BCUT2D eigenvalue weighted by molar-refractivity contribution is -0.113. The van der Waals surface area contributed by atoms with Gasteiger partial charge in [-0.3, -0.25) is 4.79 Å². The minimum Gasteiger partial charge on any atom is -0.392 e. The molecule has 0 fully saturated rings. The van der Waals surface area contributed by atoms with Gasteiger partial charge in [-0.15, -0.1) is 11.8 Å². The predicted molar refractivity (Wildman–Crippen MR) is 53.5 cm³/mol. The number of fused-ring (bicyclic) bond motifs is 1. The van der Waals surface area contributed by atoms with Gasteiger partial charge in [0, 0.05) is 12.8 Å². The van der Waals surface area contributed by atoms with E-state index < -0.39 is 0 Å². The summed E-state index contributed by atoms with van der Waals surface area (Å²) in [5.74, 6) is 0.186. The molecule has 0 aromatic rings. The zero-order chi connectivity index (χ0) is 9.42. The van der Waals surface area contributed by atoms with Gasteiger partial charge in [0.1, 0.15) is 0 Å². The van der Waals surface area contributed by atoms with E-state index in [9.17, 15) is 9.90 Å². The van der Waals surface area contributed by atoms with E-state index in [4.69, 9.17) is 0 Å². The zero-order valence-electron chi connectivity index (χ0n) is 7.54. The summed E-state index contributed by atoms with van der Waals surface area (Å²) in [7, 11) is 0. The Hall–Kier alpha value is -0.540. The largest absolute Gasteiger partial charge is 0.392 e. The highest BCUT2D eigenvalue weighted by Gasteiger charge is 2.28. The Morgan fingerprint density at radius 1 is 1.54 bits per heavy atom. The molecule has 1 unspecified atom stereocenters. The molecule has 0 spiro atoms. The van der Waals surface area contributed by atoms with Crippen molar-refractivity contribution in [2.45, 2.75) is 25.4 Å². The van der Waals surface area contributed by atoms with Gasteiger partial charge < -0.3 is 5.11 Å². The molecule has 0 radical (unpaired) electrons. The minimum atomic E-state index is -0.289. The van der Waals surface area contributed by atoms with E-state index in [1.165, 1.54) is 10.5 Å². The van der Waals surface area contributed by atoms with E-state index in [0.29, 0.717) is 12.8 Å². The fourth-order valence-corrected chi connectivity index (χ4v) is 2.76. The normalized spacial score (nSPS) is 27.7. The van der Waals surface area contributed by atoms with Gasteiger partial charge in [0.05, 0.1) is 6.10 Å². The van der Waals surface area contributed by atoms with Gasteiger partial charge in [-0.1, -0.05) is 0 Å². The van der Waals surface area contributed by atoms with Gasteiger partial charge in [-0.2, -0.15) is 0 Å². The molecule has 0 bridgehead atoms. The number of carbonyl (C=O) groups is 1. The molecule has 2 aliphatic carbocycles. The second kappa shape index (κ2) is 3.31. The van der Waals surface area contributed by atoms with E-state index in [0.717, 1.165) is 12.0 Å². The van der Waals surface area contributed by atoms with Crippen LogP contribution in [0.2, 0.25) is 0 Å². The van der Waals surface area contributed by atoms with Crippen molar-refractivity contribution < 1.29 is 9.90 Å². The standard InChI is InChI=1S/C10H12O2S/c1-13-10-5-8(12)3-6-2-7(11)4-9(6)10/h2,8,12H,3-5H2,1H3. The van der Waals surface area contributed by atoms with E-state index in [1.807, 2.05) is 6.26 Å². The smallest absolute Gasteiger partial charge is 0.160 e. The average Bonchev–Trinajstić information content (AvgIpc) is 2.43. The van der Waals surface area contributed by atoms with Crippen LogP contribution in [0.1, 0.15) is 19.3 Å². The molecule has 2 aliphatic rings. The fourth-order valence-electron chi connectivity index (χ4n) is 1.95. The molecule has 3 heteroatoms. The highest BCUT2D eigenvalue weighted by molar-refractivity contribution is 8.02. The Balaban J connectivity index is 2.38. The van der Waals surface area contributed by atoms with Gasteiger partial charge in [0.15, 0.2) is 5.78 Å². The Kier molecular flexibility index (Phi) is 2.30. The van der Waals surface area contributed by atoms with Gasteiger partial charge in [0.2, 0.25) is 0 Å². The SMILES string of the molecule is CSC1=C2CC(=O)C=C2CC(O)C1. The molecule has 13 heavy (non-hydrogen) atoms. The number of ketones is 1. The van der Waals surface area contributed by atoms with E-state index in [-0.39, 0.29) is 11.9 Å². The zero-order valence-corrected chi connectivity index (χ0v) is 8.36. The molecule has 0 amide bonds. The summed E-state index contributed by atoms with van der Waals surface area (Å²) in [5, 5.41) is 9.54. The van der Waals surface area contributed by atoms with Crippen molar-refractivity contribution in [3.8, 4) is 0 Å². The number of rotatable bonds is 1. The van der Waals surface area contributed by atoms with Crippen molar-refractivity contribution in [3.05, 3.63) is 22.1 Å². The Bertz CT molecular complexity index is 315. The summed E-state index contributed by atoms with van der Waals surface area (Å²) in [5.41, 5.74) is 2.25. The highest BCUT2D eigenvalue weighted by atomic mass is 32.2. The van der Waals surface area contributed by atoms with Crippen molar-refractivity contribution in [2.75, 3.05) is 6.26 Å². The molecular formula is C10H12O2S. The first-order chi connectivity index (χ1) is 6.20. The van der Waals surface area contributed by atoms with Crippen molar-refractivity contribution in [3.63, 3.8) is 0 Å². The van der Waals surface area contributed by atoms with Gasteiger partial charge in [-0.25, -0.2) is 0 Å². The van der Waals surface area contributed by atoms with Crippen LogP contribution in [0.15, 0.2) is 22.1 Å². The number of aliphatic hydroxyl groups is 1. The maximum Gasteiger partial charge on any atom is 0.160 e. The van der Waals surface area contributed by atoms with E-state index >= 15 is 0 Å². The van der Waals surface area contributed by atoms with Crippen molar-refractivity contribution >= 4 is 17.5 Å². The second-order valence-corrected chi connectivity index (χ2v) is 4.38. The minimum absolute atomic E-state index is 0.186. The molecule has 0 aromatic carbocycles. The van der Waals surface area contributed by atoms with Gasteiger partial charge in [0.25, 0.3) is 0 Å². The second-order valence-electron chi connectivity index (χ2n) is 3.48. The van der Waals surface area contributed by atoms with Crippen LogP contribution in [-0.4, -0.2) is 23.2 Å². The number of thioether (sulfide) groups is 1. The molecule has 1 atom stereocenters. The summed E-state index contributed by atoms with van der Waals surface area (Å²) in [6.45, 7) is 0. The molecule has 0 aromatic heterocycles. The maximum absolute atomic E-state index is 11.2. The van der Waals surface area contributed by atoms with Crippen molar-refractivity contribution in [1.82, 2.24) is 0 Å². The molecule has 0 heterocycles. The number of aliphatic hydroxyl groups excluding tert-OH is 1. The first-order valence-corrected chi connectivity index (χ1v) is 5.61. The third-order valence-corrected chi connectivity index (χ3v) is 3.44. The number of hydrogen-bond acceptors (Lipinski definition) is 3. The van der Waals surface area contributed by atoms with E-state index in [2.05, 4.69) is 0 Å². The Morgan fingerprint density at radius 3 is 3.00 bits per heavy atom. The number of carbonyl (C=O) groups excluding carboxylic acids is 1. The fraction of sp³-hybridized carbons (Fsp3) is 0.500. The number of allylic oxidation sites excluding steroid dienone is 2. The topological polar surface area (TPSA) is 37.3 Å². The first kappa shape index (κ1) is 9.03. The van der Waals surface area contributed by atoms with Crippen LogP contribution >= 0.6 is 11.8 Å². The lowest BCUT2D eigenvalue weighted by Gasteiger charge is -2.22. The van der Waals surface area contributed by atoms with Crippen LogP contribution in [0.3, 0.4) is 0 Å². The average molecular weight is 196 g/mol. The molecule has 0 saturated carbocycles. The Morgan fingerprint density at radius 2 is 2.31 bits per heavy atom. The summed E-state index contributed by atoms with van der Waals surface area (Å²) in [6.07, 6.45) is 5.34. The predicted octanol–water partition coefficient (Wildman–Crippen LogP) is 1.66. The molecule has 0 saturated heterocycles. The summed E-state index contributed by atoms with van der Waals surface area (Å²) in [4.78, 5) is 12.4. The lowest BCUT2D eigenvalue weighted by Crippen LogP contribution is -2.14. The van der Waals surface area contributed by atoms with Crippen LogP contribution in [0, 0.1) is 0 Å². The van der Waals surface area contributed by atoms with Crippen LogP contribution in [0.5, 0.6) is 0 Å². The molecule has 2 nitrogen and oxygen atoms in total. The quantitative estimate of drug-likeness (QED) is 0.693. The van der Waals surface area contributed by atoms with Crippen LogP contribution < -0.4 is 0 Å². The van der Waals surface area contributed by atoms with E-state index in [1.54, 1.807) is 17.8 Å². The molecule has 1 N–H and O–H groups in total. The molecule has 2 rings (SSSR count). The maximum atomic E-state index is 11.2. The summed E-state index contributed by atoms with van der Waals surface area (Å²) < 4.78 is 0. The Labute approximate surface area is 81.7 Å². The van der Waals surface area contributed by atoms with Crippen LogP contribution in [0.4, 0.5) is 0 Å². The highest BCUT2D eigenvalue weighted by Crippen LogP contribution is 2.39. The summed E-state index contributed by atoms with van der Waals surface area (Å²) >= 11 is 1.65. The lowest BCUT2D eigenvalue weighted by atomic mass is 9.93. The van der Waals surface area contributed by atoms with Crippen LogP contribution in [0.25, 0.3) is 0 Å². The van der Waals surface area contributed by atoms with Crippen LogP contribution in [-0.2, 0) is 4.79 Å². The number of hydrogen-bond donors (Lipinski definition) is 1. The third kappa shape index (κ3) is 1.58. The molecule has 70 valence electrons. The molecule has 0 aliphatic heterocycles. The first-order valence-electron chi connectivity index (χ1n) is 4.38. The van der Waals surface area contributed by atoms with Crippen molar-refractivity contribution in [2.24, 2.45) is 0 Å². The van der Waals surface area contributed by atoms with Gasteiger partial charge in [-0.05, 0) is 34.8 Å². The monoisotopic (exact) mass is 196 g/mol. The summed E-state index contributed by atoms with van der Waals surface area (Å²) in [6, 6.07) is 0. The van der Waals surface area contributed by atoms with Crippen molar-refractivity contribution in [1.29, 1.82) is 0 Å². The third-order valence-electron chi connectivity index (χ3n) is 2.53. The van der Waals surface area contributed by atoms with Gasteiger partial charge >= 0.3 is 0 Å². The molecular weight excluding hydrogens is 184 g/mol.